The van der Waals surface area contributed by atoms with Gasteiger partial charge in [0.25, 0.3) is 0 Å². The predicted molar refractivity (Wildman–Crippen MR) is 73.2 cm³/mol. The van der Waals surface area contributed by atoms with Crippen LogP contribution in [0, 0.1) is 0 Å². The van der Waals surface area contributed by atoms with E-state index in [0.29, 0.717) is 12.6 Å². The number of amides is 2. The number of likely N-dealkylation sites (N-methyl/N-ethyl adjacent to an activating group) is 2. The van der Waals surface area contributed by atoms with Crippen molar-refractivity contribution in [2.24, 2.45) is 0 Å². The first-order valence-electron chi connectivity index (χ1n) is 6.91. The molecule has 0 saturated heterocycles. The Morgan fingerprint density at radius 2 is 1.84 bits per heavy atom. The van der Waals surface area contributed by atoms with Crippen LogP contribution in [-0.2, 0) is 4.79 Å². The SMILES string of the molecule is CN(CCN(C)C1CCCC1)C(=O)NCCC(=O)O. The summed E-state index contributed by atoms with van der Waals surface area (Å²) in [5.41, 5.74) is 0. The molecule has 6 heteroatoms. The van der Waals surface area contributed by atoms with E-state index in [2.05, 4.69) is 17.3 Å². The number of hydrogen-bond donors (Lipinski definition) is 2. The molecular formula is C13H25N3O3. The highest BCUT2D eigenvalue weighted by atomic mass is 16.4. The molecule has 0 unspecified atom stereocenters. The Bertz CT molecular complexity index is 304. The lowest BCUT2D eigenvalue weighted by atomic mass is 10.2. The summed E-state index contributed by atoms with van der Waals surface area (Å²) in [6, 6.07) is 0.449. The maximum Gasteiger partial charge on any atom is 0.317 e. The largest absolute Gasteiger partial charge is 0.481 e. The van der Waals surface area contributed by atoms with Gasteiger partial charge in [0.05, 0.1) is 6.42 Å². The maximum atomic E-state index is 11.7. The van der Waals surface area contributed by atoms with Crippen LogP contribution in [0.4, 0.5) is 4.79 Å². The zero-order valence-corrected chi connectivity index (χ0v) is 11.9. The van der Waals surface area contributed by atoms with Crippen LogP contribution < -0.4 is 5.32 Å². The number of carbonyl (C=O) groups is 2. The summed E-state index contributed by atoms with van der Waals surface area (Å²) >= 11 is 0. The van der Waals surface area contributed by atoms with Gasteiger partial charge in [0, 0.05) is 32.7 Å². The van der Waals surface area contributed by atoms with Crippen LogP contribution in [0.2, 0.25) is 0 Å². The topological polar surface area (TPSA) is 72.9 Å². The van der Waals surface area contributed by atoms with Gasteiger partial charge in [-0.1, -0.05) is 12.8 Å². The molecule has 0 aromatic carbocycles. The number of carbonyl (C=O) groups excluding carboxylic acids is 1. The van der Waals surface area contributed by atoms with Crippen LogP contribution in [0.1, 0.15) is 32.1 Å². The number of nitrogens with zero attached hydrogens (tertiary/aromatic N) is 2. The molecule has 0 heterocycles. The minimum Gasteiger partial charge on any atom is -0.481 e. The first-order chi connectivity index (χ1) is 9.00. The Morgan fingerprint density at radius 1 is 1.21 bits per heavy atom. The molecule has 1 aliphatic rings. The molecule has 110 valence electrons. The van der Waals surface area contributed by atoms with Crippen LogP contribution in [0.15, 0.2) is 0 Å². The second-order valence-corrected chi connectivity index (χ2v) is 5.22. The smallest absolute Gasteiger partial charge is 0.317 e. The molecule has 0 aromatic rings. The van der Waals surface area contributed by atoms with Crippen LogP contribution in [0.3, 0.4) is 0 Å². The van der Waals surface area contributed by atoms with Gasteiger partial charge in [-0.3, -0.25) is 4.79 Å². The fourth-order valence-electron chi connectivity index (χ4n) is 2.35. The lowest BCUT2D eigenvalue weighted by molar-refractivity contribution is -0.136. The quantitative estimate of drug-likeness (QED) is 0.724. The molecule has 1 saturated carbocycles. The average molecular weight is 271 g/mol. The Morgan fingerprint density at radius 3 is 2.42 bits per heavy atom. The number of aliphatic carboxylic acids is 1. The molecule has 1 aliphatic carbocycles. The summed E-state index contributed by atoms with van der Waals surface area (Å²) in [5.74, 6) is -0.899. The van der Waals surface area contributed by atoms with E-state index in [-0.39, 0.29) is 19.0 Å². The predicted octanol–water partition coefficient (Wildman–Crippen LogP) is 0.977. The average Bonchev–Trinajstić information content (AvgIpc) is 2.88. The summed E-state index contributed by atoms with van der Waals surface area (Å²) in [7, 11) is 3.84. The lowest BCUT2D eigenvalue weighted by Gasteiger charge is -2.26. The van der Waals surface area contributed by atoms with Crippen molar-refractivity contribution < 1.29 is 14.7 Å². The van der Waals surface area contributed by atoms with Gasteiger partial charge in [-0.05, 0) is 19.9 Å². The monoisotopic (exact) mass is 271 g/mol. The first-order valence-corrected chi connectivity index (χ1v) is 6.91. The number of hydrogen-bond acceptors (Lipinski definition) is 3. The third-order valence-corrected chi connectivity index (χ3v) is 3.70. The lowest BCUT2D eigenvalue weighted by Crippen LogP contribution is -2.43. The van der Waals surface area contributed by atoms with Crippen molar-refractivity contribution in [1.82, 2.24) is 15.1 Å². The zero-order valence-electron chi connectivity index (χ0n) is 11.9. The van der Waals surface area contributed by atoms with E-state index in [1.165, 1.54) is 25.7 Å². The minimum absolute atomic E-state index is 0.0401. The molecule has 6 nitrogen and oxygen atoms in total. The van der Waals surface area contributed by atoms with E-state index in [9.17, 15) is 9.59 Å². The summed E-state index contributed by atoms with van der Waals surface area (Å²) in [6.07, 6.45) is 5.08. The Balaban J connectivity index is 2.16. The number of carboxylic acids is 1. The Hall–Kier alpha value is -1.30. The third-order valence-electron chi connectivity index (χ3n) is 3.70. The van der Waals surface area contributed by atoms with Crippen molar-refractivity contribution in [2.45, 2.75) is 38.1 Å². The van der Waals surface area contributed by atoms with Gasteiger partial charge in [0.15, 0.2) is 0 Å². The molecule has 0 spiro atoms. The van der Waals surface area contributed by atoms with Crippen molar-refractivity contribution in [2.75, 3.05) is 33.7 Å². The van der Waals surface area contributed by atoms with E-state index >= 15 is 0 Å². The minimum atomic E-state index is -0.899. The van der Waals surface area contributed by atoms with E-state index in [4.69, 9.17) is 5.11 Å². The van der Waals surface area contributed by atoms with Crippen molar-refractivity contribution in [3.63, 3.8) is 0 Å². The van der Waals surface area contributed by atoms with Crippen LogP contribution in [0.25, 0.3) is 0 Å². The molecular weight excluding hydrogens is 246 g/mol. The normalized spacial score (nSPS) is 15.7. The van der Waals surface area contributed by atoms with Gasteiger partial charge in [0.1, 0.15) is 0 Å². The Labute approximate surface area is 114 Å². The summed E-state index contributed by atoms with van der Waals surface area (Å²) in [4.78, 5) is 25.9. The van der Waals surface area contributed by atoms with Gasteiger partial charge in [-0.25, -0.2) is 4.79 Å². The van der Waals surface area contributed by atoms with Crippen molar-refractivity contribution in [3.05, 3.63) is 0 Å². The van der Waals surface area contributed by atoms with E-state index < -0.39 is 5.97 Å². The van der Waals surface area contributed by atoms with Gasteiger partial charge >= 0.3 is 12.0 Å². The molecule has 0 aromatic heterocycles. The van der Waals surface area contributed by atoms with Crippen LogP contribution >= 0.6 is 0 Å². The highest BCUT2D eigenvalue weighted by Crippen LogP contribution is 2.21. The molecule has 0 aliphatic heterocycles. The molecule has 1 rings (SSSR count). The molecule has 2 N–H and O–H groups in total. The standard InChI is InChI=1S/C13H25N3O3/c1-15(11-5-3-4-6-11)9-10-16(2)13(19)14-8-7-12(17)18/h11H,3-10H2,1-2H3,(H,14,19)(H,17,18). The summed E-state index contributed by atoms with van der Waals surface area (Å²) in [5, 5.41) is 11.1. The molecule has 2 amide bonds. The highest BCUT2D eigenvalue weighted by Gasteiger charge is 2.19. The van der Waals surface area contributed by atoms with E-state index in [0.717, 1.165) is 6.54 Å². The summed E-state index contributed by atoms with van der Waals surface area (Å²) in [6.45, 7) is 1.69. The zero-order chi connectivity index (χ0) is 14.3. The summed E-state index contributed by atoms with van der Waals surface area (Å²) < 4.78 is 0. The van der Waals surface area contributed by atoms with E-state index in [1.807, 2.05) is 0 Å². The van der Waals surface area contributed by atoms with Crippen molar-refractivity contribution >= 4 is 12.0 Å². The maximum absolute atomic E-state index is 11.7. The van der Waals surface area contributed by atoms with Gasteiger partial charge < -0.3 is 20.2 Å². The molecule has 1 fully saturated rings. The second-order valence-electron chi connectivity index (χ2n) is 5.22. The van der Waals surface area contributed by atoms with Crippen LogP contribution in [-0.4, -0.2) is 66.7 Å². The molecule has 0 bridgehead atoms. The second kappa shape index (κ2) is 7.99. The van der Waals surface area contributed by atoms with Crippen molar-refractivity contribution in [3.8, 4) is 0 Å². The number of carboxylic acid groups (broad SMARTS) is 1. The van der Waals surface area contributed by atoms with Gasteiger partial charge in [-0.2, -0.15) is 0 Å². The van der Waals surface area contributed by atoms with Gasteiger partial charge in [0.2, 0.25) is 0 Å². The fourth-order valence-corrected chi connectivity index (χ4v) is 2.35. The van der Waals surface area contributed by atoms with Crippen LogP contribution in [0.5, 0.6) is 0 Å². The molecule has 19 heavy (non-hydrogen) atoms. The number of urea groups is 1. The van der Waals surface area contributed by atoms with E-state index in [1.54, 1.807) is 11.9 Å². The third kappa shape index (κ3) is 5.92. The fraction of sp³-hybridized carbons (Fsp3) is 0.846. The molecule has 0 atom stereocenters. The molecule has 0 radical (unpaired) electrons. The van der Waals surface area contributed by atoms with Crippen molar-refractivity contribution in [1.29, 1.82) is 0 Å². The number of rotatable bonds is 7. The Kier molecular flexibility index (Phi) is 6.62. The first kappa shape index (κ1) is 15.8. The highest BCUT2D eigenvalue weighted by molar-refractivity contribution is 5.74. The number of nitrogens with one attached hydrogen (secondary N) is 1. The van der Waals surface area contributed by atoms with Gasteiger partial charge in [-0.15, -0.1) is 0 Å².